The van der Waals surface area contributed by atoms with E-state index in [0.29, 0.717) is 6.54 Å². The third kappa shape index (κ3) is 3.72. The Morgan fingerprint density at radius 2 is 2.12 bits per heavy atom. The van der Waals surface area contributed by atoms with Crippen LogP contribution in [0.2, 0.25) is 0 Å². The molecule has 0 saturated carbocycles. The monoisotopic (exact) mass is 226 g/mol. The first-order valence-corrected chi connectivity index (χ1v) is 5.70. The summed E-state index contributed by atoms with van der Waals surface area (Å²) in [5.41, 5.74) is 5.26. The molecule has 1 aliphatic rings. The molecule has 16 heavy (non-hydrogen) atoms. The van der Waals surface area contributed by atoms with Gasteiger partial charge < -0.3 is 16.0 Å². The van der Waals surface area contributed by atoms with E-state index in [-0.39, 0.29) is 23.3 Å². The summed E-state index contributed by atoms with van der Waals surface area (Å²) in [7, 11) is 0. The molecule has 0 spiro atoms. The summed E-state index contributed by atoms with van der Waals surface area (Å²) < 4.78 is 0. The predicted molar refractivity (Wildman–Crippen MR) is 64.5 cm³/mol. The highest BCUT2D eigenvalue weighted by molar-refractivity contribution is 5.81. The van der Waals surface area contributed by atoms with Crippen molar-refractivity contribution in [1.82, 2.24) is 10.2 Å². The number of nitrogens with zero attached hydrogens (tertiary/aromatic N) is 1. The topological polar surface area (TPSA) is 82.2 Å². The molecule has 2 amide bonds. The lowest BCUT2D eigenvalue weighted by Gasteiger charge is -2.34. The molecule has 0 bridgehead atoms. The molecule has 1 fully saturated rings. The lowest BCUT2D eigenvalue weighted by Crippen LogP contribution is -2.52. The molecule has 0 aromatic carbocycles. The quantitative estimate of drug-likeness (QED) is 0.463. The van der Waals surface area contributed by atoms with E-state index >= 15 is 0 Å². The fraction of sp³-hybridized carbons (Fsp3) is 0.818. The standard InChI is InChI=1S/C11H22N4O/c1-11(2,3)14-10(16)15-6-4-5-8(7-15)9(12)13/h8H,4-7H2,1-3H3,(H3,12,13)(H,14,16). The number of hydrogen-bond donors (Lipinski definition) is 3. The van der Waals surface area contributed by atoms with Gasteiger partial charge in [0.2, 0.25) is 0 Å². The van der Waals surface area contributed by atoms with Gasteiger partial charge in [-0.15, -0.1) is 0 Å². The summed E-state index contributed by atoms with van der Waals surface area (Å²) in [5.74, 6) is 0.215. The van der Waals surface area contributed by atoms with Gasteiger partial charge in [0, 0.05) is 24.5 Å². The molecule has 0 aromatic heterocycles. The number of likely N-dealkylation sites (tertiary alicyclic amines) is 1. The highest BCUT2D eigenvalue weighted by atomic mass is 16.2. The van der Waals surface area contributed by atoms with Crippen LogP contribution in [0.3, 0.4) is 0 Å². The van der Waals surface area contributed by atoms with Gasteiger partial charge in [-0.05, 0) is 33.6 Å². The lowest BCUT2D eigenvalue weighted by molar-refractivity contribution is 0.170. The van der Waals surface area contributed by atoms with Gasteiger partial charge in [-0.3, -0.25) is 5.41 Å². The van der Waals surface area contributed by atoms with Crippen LogP contribution in [0.25, 0.3) is 0 Å². The fourth-order valence-corrected chi connectivity index (χ4v) is 1.82. The number of piperidine rings is 1. The number of nitrogens with one attached hydrogen (secondary N) is 2. The van der Waals surface area contributed by atoms with Gasteiger partial charge in [-0.25, -0.2) is 4.79 Å². The molecular formula is C11H22N4O. The van der Waals surface area contributed by atoms with Gasteiger partial charge in [0.15, 0.2) is 0 Å². The van der Waals surface area contributed by atoms with Gasteiger partial charge in [0.25, 0.3) is 0 Å². The van der Waals surface area contributed by atoms with Crippen molar-refractivity contribution in [3.63, 3.8) is 0 Å². The maximum Gasteiger partial charge on any atom is 0.317 e. The summed E-state index contributed by atoms with van der Waals surface area (Å²) in [5, 5.41) is 10.3. The Hall–Kier alpha value is -1.26. The molecule has 1 aliphatic heterocycles. The van der Waals surface area contributed by atoms with Crippen molar-refractivity contribution >= 4 is 11.9 Å². The normalized spacial score (nSPS) is 21.7. The van der Waals surface area contributed by atoms with Crippen LogP contribution in [0.15, 0.2) is 0 Å². The molecule has 1 rings (SSSR count). The highest BCUT2D eigenvalue weighted by Gasteiger charge is 2.27. The summed E-state index contributed by atoms with van der Waals surface area (Å²) in [6.45, 7) is 7.19. The van der Waals surface area contributed by atoms with Crippen LogP contribution in [-0.4, -0.2) is 35.4 Å². The molecule has 0 aliphatic carbocycles. The fourth-order valence-electron chi connectivity index (χ4n) is 1.82. The number of rotatable bonds is 1. The number of hydrogen-bond acceptors (Lipinski definition) is 2. The Morgan fingerprint density at radius 1 is 1.50 bits per heavy atom. The van der Waals surface area contributed by atoms with E-state index in [0.717, 1.165) is 19.4 Å². The summed E-state index contributed by atoms with van der Waals surface area (Å²) in [4.78, 5) is 13.6. The second-order valence-electron chi connectivity index (χ2n) is 5.42. The molecule has 1 saturated heterocycles. The third-order valence-electron chi connectivity index (χ3n) is 2.63. The largest absolute Gasteiger partial charge is 0.387 e. The minimum Gasteiger partial charge on any atom is -0.387 e. The zero-order valence-electron chi connectivity index (χ0n) is 10.3. The van der Waals surface area contributed by atoms with Crippen molar-refractivity contribution in [2.24, 2.45) is 11.7 Å². The van der Waals surface area contributed by atoms with Crippen LogP contribution in [-0.2, 0) is 0 Å². The number of amidine groups is 1. The Morgan fingerprint density at radius 3 is 2.62 bits per heavy atom. The average Bonchev–Trinajstić information content (AvgIpc) is 2.15. The molecule has 1 heterocycles. The SMILES string of the molecule is CC(C)(C)NC(=O)N1CCCC(C(=N)N)C1. The van der Waals surface area contributed by atoms with Crippen molar-refractivity contribution in [3.8, 4) is 0 Å². The maximum absolute atomic E-state index is 11.9. The number of amides is 2. The van der Waals surface area contributed by atoms with E-state index in [4.69, 9.17) is 11.1 Å². The van der Waals surface area contributed by atoms with E-state index in [1.807, 2.05) is 20.8 Å². The number of carbonyl (C=O) groups is 1. The van der Waals surface area contributed by atoms with E-state index in [1.54, 1.807) is 4.90 Å². The maximum atomic E-state index is 11.9. The third-order valence-corrected chi connectivity index (χ3v) is 2.63. The lowest BCUT2D eigenvalue weighted by atomic mass is 9.97. The molecule has 0 radical (unpaired) electrons. The van der Waals surface area contributed by atoms with Crippen LogP contribution in [0.4, 0.5) is 4.79 Å². The second-order valence-corrected chi connectivity index (χ2v) is 5.42. The highest BCUT2D eigenvalue weighted by Crippen LogP contribution is 2.16. The molecular weight excluding hydrogens is 204 g/mol. The van der Waals surface area contributed by atoms with Gasteiger partial charge in [-0.1, -0.05) is 0 Å². The Bertz CT molecular complexity index is 282. The second kappa shape index (κ2) is 4.72. The first kappa shape index (κ1) is 12.8. The molecule has 5 heteroatoms. The van der Waals surface area contributed by atoms with E-state index < -0.39 is 0 Å². The van der Waals surface area contributed by atoms with Crippen LogP contribution < -0.4 is 11.1 Å². The van der Waals surface area contributed by atoms with Crippen LogP contribution in [0, 0.1) is 11.3 Å². The smallest absolute Gasteiger partial charge is 0.317 e. The molecule has 5 nitrogen and oxygen atoms in total. The molecule has 4 N–H and O–H groups in total. The predicted octanol–water partition coefficient (Wildman–Crippen LogP) is 1.14. The van der Waals surface area contributed by atoms with Gasteiger partial charge >= 0.3 is 6.03 Å². The Labute approximate surface area is 96.9 Å². The number of carbonyl (C=O) groups excluding carboxylic acids is 1. The Balaban J connectivity index is 2.54. The first-order valence-electron chi connectivity index (χ1n) is 5.70. The van der Waals surface area contributed by atoms with Crippen molar-refractivity contribution in [2.45, 2.75) is 39.2 Å². The molecule has 0 aromatic rings. The van der Waals surface area contributed by atoms with Gasteiger partial charge in [0.05, 0.1) is 5.84 Å². The molecule has 1 unspecified atom stereocenters. The number of urea groups is 1. The van der Waals surface area contributed by atoms with E-state index in [2.05, 4.69) is 5.32 Å². The van der Waals surface area contributed by atoms with Crippen molar-refractivity contribution in [1.29, 1.82) is 5.41 Å². The van der Waals surface area contributed by atoms with Crippen molar-refractivity contribution < 1.29 is 4.79 Å². The minimum absolute atomic E-state index is 0.0273. The summed E-state index contributed by atoms with van der Waals surface area (Å²) >= 11 is 0. The van der Waals surface area contributed by atoms with Crippen molar-refractivity contribution in [2.75, 3.05) is 13.1 Å². The van der Waals surface area contributed by atoms with Gasteiger partial charge in [0.1, 0.15) is 0 Å². The average molecular weight is 226 g/mol. The summed E-state index contributed by atoms with van der Waals surface area (Å²) in [6.07, 6.45) is 1.83. The van der Waals surface area contributed by atoms with Gasteiger partial charge in [-0.2, -0.15) is 0 Å². The van der Waals surface area contributed by atoms with E-state index in [1.165, 1.54) is 0 Å². The minimum atomic E-state index is -0.222. The number of nitrogens with two attached hydrogens (primary N) is 1. The molecule has 92 valence electrons. The zero-order chi connectivity index (χ0) is 12.3. The van der Waals surface area contributed by atoms with Crippen LogP contribution >= 0.6 is 0 Å². The van der Waals surface area contributed by atoms with Crippen molar-refractivity contribution in [3.05, 3.63) is 0 Å². The summed E-state index contributed by atoms with van der Waals surface area (Å²) in [6, 6.07) is -0.0570. The zero-order valence-corrected chi connectivity index (χ0v) is 10.3. The van der Waals surface area contributed by atoms with E-state index in [9.17, 15) is 4.79 Å². The molecule has 1 atom stereocenters. The van der Waals surface area contributed by atoms with Crippen LogP contribution in [0.5, 0.6) is 0 Å². The first-order chi connectivity index (χ1) is 7.29. The van der Waals surface area contributed by atoms with Crippen LogP contribution in [0.1, 0.15) is 33.6 Å². The Kier molecular flexibility index (Phi) is 3.78.